The van der Waals surface area contributed by atoms with Gasteiger partial charge >= 0.3 is 0 Å². The smallest absolute Gasteiger partial charge is 0.244 e. The summed E-state index contributed by atoms with van der Waals surface area (Å²) in [5, 5.41) is 7.31. The number of hydrogen-bond acceptors (Lipinski definition) is 3. The van der Waals surface area contributed by atoms with Crippen LogP contribution in [0.15, 0.2) is 43.0 Å². The molecule has 23 heavy (non-hydrogen) atoms. The molecule has 3 atom stereocenters. The van der Waals surface area contributed by atoms with Crippen LogP contribution in [0.5, 0.6) is 0 Å². The van der Waals surface area contributed by atoms with Gasteiger partial charge in [-0.25, -0.2) is 9.67 Å². The topological polar surface area (TPSA) is 59.8 Å². The second kappa shape index (κ2) is 7.40. The van der Waals surface area contributed by atoms with Crippen LogP contribution in [-0.2, 0) is 11.2 Å². The predicted octanol–water partition coefficient (Wildman–Crippen LogP) is 2.76. The van der Waals surface area contributed by atoms with Gasteiger partial charge in [0.15, 0.2) is 0 Å². The molecule has 0 aliphatic heterocycles. The van der Waals surface area contributed by atoms with Crippen molar-refractivity contribution in [2.45, 2.75) is 51.1 Å². The summed E-state index contributed by atoms with van der Waals surface area (Å²) in [6.45, 7) is 1.86. The Balaban J connectivity index is 1.63. The Morgan fingerprint density at radius 2 is 2.09 bits per heavy atom. The van der Waals surface area contributed by atoms with E-state index < -0.39 is 0 Å². The van der Waals surface area contributed by atoms with Crippen molar-refractivity contribution in [2.75, 3.05) is 0 Å². The molecular weight excluding hydrogens is 288 g/mol. The van der Waals surface area contributed by atoms with E-state index in [1.807, 2.05) is 13.0 Å². The van der Waals surface area contributed by atoms with E-state index in [1.165, 1.54) is 31.2 Å². The predicted molar refractivity (Wildman–Crippen MR) is 88.8 cm³/mol. The Labute approximate surface area is 137 Å². The average Bonchev–Trinajstić information content (AvgIpc) is 3.11. The lowest BCUT2D eigenvalue weighted by Crippen LogP contribution is -2.45. The van der Waals surface area contributed by atoms with Crippen molar-refractivity contribution in [1.82, 2.24) is 20.1 Å². The molecule has 5 heteroatoms. The number of benzene rings is 1. The first-order valence-corrected chi connectivity index (χ1v) is 8.42. The maximum atomic E-state index is 12.5. The van der Waals surface area contributed by atoms with Crippen LogP contribution in [0.1, 0.15) is 44.2 Å². The van der Waals surface area contributed by atoms with E-state index in [0.29, 0.717) is 5.92 Å². The summed E-state index contributed by atoms with van der Waals surface area (Å²) in [5.74, 6) is 0.540. The Morgan fingerprint density at radius 3 is 2.83 bits per heavy atom. The lowest BCUT2D eigenvalue weighted by atomic mass is 9.80. The van der Waals surface area contributed by atoms with Crippen LogP contribution in [0.2, 0.25) is 0 Å². The molecule has 2 aromatic rings. The van der Waals surface area contributed by atoms with Gasteiger partial charge in [-0.1, -0.05) is 43.2 Å². The molecule has 1 saturated carbocycles. The Morgan fingerprint density at radius 1 is 1.30 bits per heavy atom. The number of rotatable bonds is 5. The minimum absolute atomic E-state index is 0.0282. The van der Waals surface area contributed by atoms with Crippen LogP contribution in [0.3, 0.4) is 0 Å². The van der Waals surface area contributed by atoms with Crippen LogP contribution in [-0.4, -0.2) is 26.7 Å². The van der Waals surface area contributed by atoms with Crippen molar-refractivity contribution in [3.05, 3.63) is 48.5 Å². The summed E-state index contributed by atoms with van der Waals surface area (Å²) in [7, 11) is 0. The number of hydrogen-bond donors (Lipinski definition) is 1. The monoisotopic (exact) mass is 312 g/mol. The van der Waals surface area contributed by atoms with Crippen molar-refractivity contribution < 1.29 is 4.79 Å². The first kappa shape index (κ1) is 15.7. The minimum atomic E-state index is -0.322. The molecule has 0 saturated heterocycles. The fourth-order valence-electron chi connectivity index (χ4n) is 3.40. The fraction of sp³-hybridized carbons (Fsp3) is 0.500. The van der Waals surface area contributed by atoms with Crippen LogP contribution < -0.4 is 5.32 Å². The van der Waals surface area contributed by atoms with Crippen LogP contribution in [0.4, 0.5) is 0 Å². The van der Waals surface area contributed by atoms with Gasteiger partial charge < -0.3 is 5.32 Å². The first-order valence-electron chi connectivity index (χ1n) is 8.42. The second-order valence-electron chi connectivity index (χ2n) is 6.40. The van der Waals surface area contributed by atoms with E-state index >= 15 is 0 Å². The van der Waals surface area contributed by atoms with Crippen LogP contribution in [0.25, 0.3) is 0 Å². The number of carbonyl (C=O) groups is 1. The van der Waals surface area contributed by atoms with Crippen molar-refractivity contribution in [3.63, 3.8) is 0 Å². The van der Waals surface area contributed by atoms with E-state index in [9.17, 15) is 4.79 Å². The molecule has 0 bridgehead atoms. The van der Waals surface area contributed by atoms with Gasteiger partial charge in [-0.05, 0) is 37.7 Å². The van der Waals surface area contributed by atoms with Gasteiger partial charge in [0.1, 0.15) is 18.7 Å². The highest BCUT2D eigenvalue weighted by Gasteiger charge is 2.28. The van der Waals surface area contributed by atoms with Crippen molar-refractivity contribution in [1.29, 1.82) is 0 Å². The molecule has 1 aliphatic carbocycles. The van der Waals surface area contributed by atoms with Gasteiger partial charge in [-0.3, -0.25) is 4.79 Å². The summed E-state index contributed by atoms with van der Waals surface area (Å²) in [4.78, 5) is 16.4. The van der Waals surface area contributed by atoms with Crippen LogP contribution >= 0.6 is 0 Å². The number of nitrogens with one attached hydrogen (secondary N) is 1. The Kier molecular flexibility index (Phi) is 5.05. The van der Waals surface area contributed by atoms with E-state index in [2.05, 4.69) is 39.7 Å². The molecule has 1 N–H and O–H groups in total. The average molecular weight is 312 g/mol. The summed E-state index contributed by atoms with van der Waals surface area (Å²) in [6.07, 6.45) is 8.76. The lowest BCUT2D eigenvalue weighted by molar-refractivity contribution is -0.125. The van der Waals surface area contributed by atoms with Gasteiger partial charge in [-0.2, -0.15) is 5.10 Å². The van der Waals surface area contributed by atoms with Gasteiger partial charge in [0.2, 0.25) is 5.91 Å². The highest BCUT2D eigenvalue weighted by atomic mass is 16.2. The standard InChI is InChI=1S/C18H24N4O/c1-14(22-13-19-12-20-22)18(23)21-17-10-6-5-9-16(17)11-15-7-3-2-4-8-15/h2-4,7-8,12-14,16-17H,5-6,9-11H2,1H3,(H,21,23)/t14-,16-,17-/m1/s1. The van der Waals surface area contributed by atoms with Crippen molar-refractivity contribution in [3.8, 4) is 0 Å². The molecule has 1 amide bonds. The summed E-state index contributed by atoms with van der Waals surface area (Å²) >= 11 is 0. The summed E-state index contributed by atoms with van der Waals surface area (Å²) in [5.41, 5.74) is 1.35. The van der Waals surface area contributed by atoms with Gasteiger partial charge in [0, 0.05) is 6.04 Å². The number of aromatic nitrogens is 3. The minimum Gasteiger partial charge on any atom is -0.351 e. The summed E-state index contributed by atoms with van der Waals surface area (Å²) in [6, 6.07) is 10.5. The Hall–Kier alpha value is -2.17. The highest BCUT2D eigenvalue weighted by Crippen LogP contribution is 2.28. The normalized spacial score (nSPS) is 22.5. The maximum Gasteiger partial charge on any atom is 0.244 e. The molecule has 0 radical (unpaired) electrons. The van der Waals surface area contributed by atoms with E-state index in [1.54, 1.807) is 11.0 Å². The molecule has 5 nitrogen and oxygen atoms in total. The zero-order valence-corrected chi connectivity index (χ0v) is 13.6. The van der Waals surface area contributed by atoms with Gasteiger partial charge in [0.25, 0.3) is 0 Å². The first-order chi connectivity index (χ1) is 11.2. The summed E-state index contributed by atoms with van der Waals surface area (Å²) < 4.78 is 1.60. The maximum absolute atomic E-state index is 12.5. The third kappa shape index (κ3) is 3.97. The molecule has 3 rings (SSSR count). The molecule has 0 spiro atoms. The number of amides is 1. The molecular formula is C18H24N4O. The molecule has 1 heterocycles. The van der Waals surface area contributed by atoms with E-state index in [0.717, 1.165) is 12.8 Å². The van der Waals surface area contributed by atoms with Gasteiger partial charge in [-0.15, -0.1) is 0 Å². The largest absolute Gasteiger partial charge is 0.351 e. The quantitative estimate of drug-likeness (QED) is 0.923. The molecule has 122 valence electrons. The molecule has 1 aromatic carbocycles. The van der Waals surface area contributed by atoms with Crippen LogP contribution in [0, 0.1) is 5.92 Å². The molecule has 0 unspecified atom stereocenters. The third-order valence-corrected chi connectivity index (χ3v) is 4.79. The zero-order chi connectivity index (χ0) is 16.1. The highest BCUT2D eigenvalue weighted by molar-refractivity contribution is 5.80. The van der Waals surface area contributed by atoms with E-state index in [4.69, 9.17) is 0 Å². The third-order valence-electron chi connectivity index (χ3n) is 4.79. The number of nitrogens with zero attached hydrogens (tertiary/aromatic N) is 3. The van der Waals surface area contributed by atoms with Crippen molar-refractivity contribution >= 4 is 5.91 Å². The molecule has 1 aliphatic rings. The lowest BCUT2D eigenvalue weighted by Gasteiger charge is -2.33. The molecule has 1 fully saturated rings. The van der Waals surface area contributed by atoms with Crippen molar-refractivity contribution in [2.24, 2.45) is 5.92 Å². The fourth-order valence-corrected chi connectivity index (χ4v) is 3.40. The van der Waals surface area contributed by atoms with Gasteiger partial charge in [0.05, 0.1) is 0 Å². The van der Waals surface area contributed by atoms with E-state index in [-0.39, 0.29) is 18.0 Å². The SMILES string of the molecule is C[C@H](C(=O)N[C@@H]1CCCC[C@@H]1Cc1ccccc1)n1cncn1. The molecule has 1 aromatic heterocycles. The number of carbonyl (C=O) groups excluding carboxylic acids is 1. The Bertz CT molecular complexity index is 611. The zero-order valence-electron chi connectivity index (χ0n) is 13.6. The second-order valence-corrected chi connectivity index (χ2v) is 6.40.